The van der Waals surface area contributed by atoms with Gasteiger partial charge in [-0.3, -0.25) is 4.79 Å². The van der Waals surface area contributed by atoms with Gasteiger partial charge in [0.1, 0.15) is 17.3 Å². The average Bonchev–Trinajstić information content (AvgIpc) is 3.58. The molecule has 35 heavy (non-hydrogen) atoms. The Balaban J connectivity index is 1.25. The summed E-state index contributed by atoms with van der Waals surface area (Å²) in [4.78, 5) is 28.9. The fourth-order valence-electron chi connectivity index (χ4n) is 5.06. The molecule has 0 atom stereocenters. The molecule has 0 N–H and O–H groups in total. The van der Waals surface area contributed by atoms with Crippen molar-refractivity contribution in [2.45, 2.75) is 58.2 Å². The first-order valence-electron chi connectivity index (χ1n) is 12.3. The van der Waals surface area contributed by atoms with Gasteiger partial charge in [-0.2, -0.15) is 0 Å². The second-order valence-corrected chi connectivity index (χ2v) is 10.6. The summed E-state index contributed by atoms with van der Waals surface area (Å²) in [6.45, 7) is 4.89. The fourth-order valence-corrected chi connectivity index (χ4v) is 6.36. The molecular formula is C27H30N4O3S. The Kier molecular flexibility index (Phi) is 5.63. The molecule has 1 fully saturated rings. The molecule has 7 nitrogen and oxygen atoms in total. The van der Waals surface area contributed by atoms with Crippen LogP contribution in [-0.2, 0) is 32.5 Å². The van der Waals surface area contributed by atoms with E-state index in [2.05, 4.69) is 17.9 Å². The van der Waals surface area contributed by atoms with Crippen molar-refractivity contribution in [3.63, 3.8) is 0 Å². The van der Waals surface area contributed by atoms with E-state index in [1.54, 1.807) is 14.2 Å². The van der Waals surface area contributed by atoms with Crippen LogP contribution in [0.4, 0.5) is 5.82 Å². The molecule has 6 rings (SSSR count). The van der Waals surface area contributed by atoms with Gasteiger partial charge in [0.15, 0.2) is 0 Å². The van der Waals surface area contributed by atoms with Crippen molar-refractivity contribution in [3.05, 3.63) is 62.2 Å². The zero-order valence-corrected chi connectivity index (χ0v) is 21.3. The third-order valence-electron chi connectivity index (χ3n) is 7.23. The average molecular weight is 491 g/mol. The summed E-state index contributed by atoms with van der Waals surface area (Å²) in [5, 5.41) is 1.32. The highest BCUT2D eigenvalue weighted by Gasteiger charge is 2.33. The zero-order valence-electron chi connectivity index (χ0n) is 20.5. The van der Waals surface area contributed by atoms with Crippen LogP contribution in [0.25, 0.3) is 0 Å². The second-order valence-electron chi connectivity index (χ2n) is 9.53. The highest BCUT2D eigenvalue weighted by Crippen LogP contribution is 2.44. The number of nitrogens with zero attached hydrogens (tertiary/aromatic N) is 4. The lowest BCUT2D eigenvalue weighted by Crippen LogP contribution is -2.31. The first kappa shape index (κ1) is 22.3. The van der Waals surface area contributed by atoms with Crippen LogP contribution in [0, 0.1) is 0 Å². The van der Waals surface area contributed by atoms with E-state index in [4.69, 9.17) is 19.4 Å². The molecular weight excluding hydrogens is 460 g/mol. The van der Waals surface area contributed by atoms with Crippen molar-refractivity contribution in [2.75, 3.05) is 25.7 Å². The van der Waals surface area contributed by atoms with Crippen molar-refractivity contribution in [1.82, 2.24) is 14.9 Å². The molecule has 3 aliphatic rings. The molecule has 0 spiro atoms. The van der Waals surface area contributed by atoms with E-state index in [9.17, 15) is 4.79 Å². The number of thiazole rings is 1. The first-order chi connectivity index (χ1) is 17.1. The Morgan fingerprint density at radius 2 is 1.91 bits per heavy atom. The van der Waals surface area contributed by atoms with Gasteiger partial charge in [0.2, 0.25) is 0 Å². The number of pyridine rings is 1. The molecule has 1 amide bonds. The minimum absolute atomic E-state index is 0.0316. The van der Waals surface area contributed by atoms with Crippen molar-refractivity contribution < 1.29 is 14.3 Å². The maximum Gasteiger partial charge on any atom is 0.256 e. The highest BCUT2D eigenvalue weighted by atomic mass is 32.1. The molecule has 3 aromatic rings. The molecule has 0 radical (unpaired) electrons. The number of aromatic nitrogens is 2. The maximum absolute atomic E-state index is 13.3. The summed E-state index contributed by atoms with van der Waals surface area (Å²) in [5.74, 6) is 3.20. The molecule has 8 heteroatoms. The van der Waals surface area contributed by atoms with Crippen LogP contribution in [0.15, 0.2) is 24.3 Å². The third kappa shape index (κ3) is 4.03. The molecule has 1 aliphatic carbocycles. The summed E-state index contributed by atoms with van der Waals surface area (Å²) < 4.78 is 10.9. The van der Waals surface area contributed by atoms with E-state index in [0.29, 0.717) is 19.0 Å². The number of methoxy groups -OCH3 is 2. The monoisotopic (exact) mass is 490 g/mol. The van der Waals surface area contributed by atoms with Gasteiger partial charge in [-0.1, -0.05) is 6.92 Å². The molecule has 4 heterocycles. The number of hydrogen-bond acceptors (Lipinski definition) is 7. The number of fused-ring (bicyclic) bond motifs is 2. The van der Waals surface area contributed by atoms with Crippen molar-refractivity contribution in [3.8, 4) is 11.5 Å². The van der Waals surface area contributed by atoms with Gasteiger partial charge in [0.05, 0.1) is 55.8 Å². The Morgan fingerprint density at radius 3 is 2.66 bits per heavy atom. The lowest BCUT2D eigenvalue weighted by Gasteiger charge is -2.29. The predicted molar refractivity (Wildman–Crippen MR) is 136 cm³/mol. The summed E-state index contributed by atoms with van der Waals surface area (Å²) in [5.41, 5.74) is 4.96. The Hall–Kier alpha value is -3.13. The zero-order chi connectivity index (χ0) is 24.1. The number of rotatable bonds is 7. The van der Waals surface area contributed by atoms with Crippen LogP contribution in [0.2, 0.25) is 0 Å². The number of benzene rings is 1. The quantitative estimate of drug-likeness (QED) is 0.478. The first-order valence-corrected chi connectivity index (χ1v) is 13.2. The van der Waals surface area contributed by atoms with Crippen LogP contribution in [0.1, 0.15) is 68.4 Å². The van der Waals surface area contributed by atoms with Crippen LogP contribution in [0.5, 0.6) is 11.5 Å². The van der Waals surface area contributed by atoms with Gasteiger partial charge >= 0.3 is 0 Å². The number of hydrogen-bond donors (Lipinski definition) is 0. The third-order valence-corrected chi connectivity index (χ3v) is 8.47. The van der Waals surface area contributed by atoms with Crippen molar-refractivity contribution in [2.24, 2.45) is 0 Å². The number of amides is 1. The van der Waals surface area contributed by atoms with Crippen LogP contribution >= 0.6 is 11.3 Å². The van der Waals surface area contributed by atoms with Gasteiger partial charge in [-0.15, -0.1) is 11.3 Å². The highest BCUT2D eigenvalue weighted by molar-refractivity contribution is 7.11. The number of aryl methyl sites for hydroxylation is 1. The number of carbonyl (C=O) groups excluding carboxylic acids is 1. The lowest BCUT2D eigenvalue weighted by atomic mass is 10.1. The number of carbonyl (C=O) groups is 1. The largest absolute Gasteiger partial charge is 0.497 e. The SMILES string of the molecule is CCc1cc2c(nc1N1CCc3nc(C4CC4)sc3C1)CN(Cc1ccc(OC)cc1OC)C2=O. The van der Waals surface area contributed by atoms with Crippen LogP contribution in [0.3, 0.4) is 0 Å². The minimum atomic E-state index is 0.0316. The van der Waals surface area contributed by atoms with E-state index in [1.807, 2.05) is 34.4 Å². The van der Waals surface area contributed by atoms with E-state index in [-0.39, 0.29) is 5.91 Å². The summed E-state index contributed by atoms with van der Waals surface area (Å²) in [7, 11) is 3.27. The molecule has 2 aromatic heterocycles. The van der Waals surface area contributed by atoms with Gasteiger partial charge in [-0.25, -0.2) is 9.97 Å². The topological polar surface area (TPSA) is 67.8 Å². The van der Waals surface area contributed by atoms with Crippen molar-refractivity contribution >= 4 is 23.1 Å². The number of anilines is 1. The van der Waals surface area contributed by atoms with Gasteiger partial charge in [0, 0.05) is 35.4 Å². The van der Waals surface area contributed by atoms with E-state index < -0.39 is 0 Å². The van der Waals surface area contributed by atoms with E-state index in [1.165, 1.54) is 28.4 Å². The molecule has 1 saturated carbocycles. The smallest absolute Gasteiger partial charge is 0.256 e. The number of ether oxygens (including phenoxy) is 2. The summed E-state index contributed by atoms with van der Waals surface area (Å²) in [6, 6.07) is 7.78. The van der Waals surface area contributed by atoms with E-state index >= 15 is 0 Å². The lowest BCUT2D eigenvalue weighted by molar-refractivity contribution is 0.0765. The Morgan fingerprint density at radius 1 is 1.06 bits per heavy atom. The molecule has 182 valence electrons. The Labute approximate surface area is 209 Å². The minimum Gasteiger partial charge on any atom is -0.497 e. The predicted octanol–water partition coefficient (Wildman–Crippen LogP) is 4.71. The van der Waals surface area contributed by atoms with Gasteiger partial charge in [0.25, 0.3) is 5.91 Å². The molecule has 0 bridgehead atoms. The molecule has 1 aromatic carbocycles. The van der Waals surface area contributed by atoms with Crippen LogP contribution in [-0.4, -0.2) is 41.5 Å². The molecule has 0 saturated heterocycles. The van der Waals surface area contributed by atoms with Crippen LogP contribution < -0.4 is 14.4 Å². The van der Waals surface area contributed by atoms with Crippen molar-refractivity contribution in [1.29, 1.82) is 0 Å². The summed E-state index contributed by atoms with van der Waals surface area (Å²) in [6.07, 6.45) is 4.38. The standard InChI is InChI=1S/C27H30N4O3S/c1-4-16-11-20-22(14-31(27(20)32)13-18-7-8-19(33-2)12-23(18)34-3)28-25(16)30-10-9-21-24(15-30)35-26(29-21)17-5-6-17/h7-8,11-12,17H,4-6,9-10,13-15H2,1-3H3. The fraction of sp³-hybridized carbons (Fsp3) is 0.444. The van der Waals surface area contributed by atoms with Gasteiger partial charge in [-0.05, 0) is 43.0 Å². The Bertz CT molecular complexity index is 1300. The van der Waals surface area contributed by atoms with E-state index in [0.717, 1.165) is 65.6 Å². The molecule has 0 unspecified atom stereocenters. The normalized spacial score (nSPS) is 16.9. The van der Waals surface area contributed by atoms with Gasteiger partial charge < -0.3 is 19.3 Å². The second kappa shape index (κ2) is 8.82. The summed E-state index contributed by atoms with van der Waals surface area (Å²) >= 11 is 1.89. The molecule has 2 aliphatic heterocycles. The maximum atomic E-state index is 13.3.